The first-order chi connectivity index (χ1) is 9.97. The number of rotatable bonds is 5. The van der Waals surface area contributed by atoms with Crippen LogP contribution in [0.5, 0.6) is 5.75 Å². The van der Waals surface area contributed by atoms with Crippen molar-refractivity contribution in [3.05, 3.63) is 28.8 Å². The molecule has 1 heterocycles. The smallest absolute Gasteiger partial charge is 0.137 e. The first-order valence-corrected chi connectivity index (χ1v) is 8.18. The number of quaternary nitrogens is 1. The molecule has 118 valence electrons. The number of hydrogen-bond donors (Lipinski definition) is 2. The summed E-state index contributed by atoms with van der Waals surface area (Å²) in [6, 6.07) is 4.20. The van der Waals surface area contributed by atoms with Crippen molar-refractivity contribution in [3.63, 3.8) is 0 Å². The van der Waals surface area contributed by atoms with E-state index in [1.807, 2.05) is 0 Å². The van der Waals surface area contributed by atoms with Crippen molar-refractivity contribution in [2.75, 3.05) is 26.2 Å². The number of aliphatic hydroxyl groups excluding tert-OH is 1. The standard InChI is InChI=1S/C18H29NO2/c1-13-7-9-19(10-8-13)11-17(20)12-21-18-15(3)6-5-14(2)16(18)4/h5-6,13,17,20H,7-12H2,1-4H3/p+1/t17-/m0/s1. The fourth-order valence-electron chi connectivity index (χ4n) is 3.09. The molecule has 0 bridgehead atoms. The highest BCUT2D eigenvalue weighted by molar-refractivity contribution is 5.44. The minimum Gasteiger partial charge on any atom is -0.490 e. The summed E-state index contributed by atoms with van der Waals surface area (Å²) in [5.74, 6) is 1.79. The molecule has 0 aliphatic carbocycles. The summed E-state index contributed by atoms with van der Waals surface area (Å²) in [5.41, 5.74) is 3.56. The summed E-state index contributed by atoms with van der Waals surface area (Å²) in [5, 5.41) is 10.2. The first kappa shape index (κ1) is 16.3. The summed E-state index contributed by atoms with van der Waals surface area (Å²) in [7, 11) is 0. The molecule has 21 heavy (non-hydrogen) atoms. The number of aliphatic hydroxyl groups is 1. The maximum Gasteiger partial charge on any atom is 0.137 e. The molecule has 1 aliphatic rings. The summed E-state index contributed by atoms with van der Waals surface area (Å²) in [4.78, 5) is 1.52. The lowest BCUT2D eigenvalue weighted by atomic mass is 9.99. The Morgan fingerprint density at radius 1 is 1.19 bits per heavy atom. The molecule has 1 aromatic carbocycles. The lowest BCUT2D eigenvalue weighted by Gasteiger charge is -2.29. The molecule has 0 radical (unpaired) electrons. The Labute approximate surface area is 128 Å². The van der Waals surface area contributed by atoms with Crippen LogP contribution in [0.15, 0.2) is 12.1 Å². The Morgan fingerprint density at radius 3 is 2.48 bits per heavy atom. The second kappa shape index (κ2) is 7.28. The van der Waals surface area contributed by atoms with Crippen LogP contribution in [0.4, 0.5) is 0 Å². The SMILES string of the molecule is Cc1ccc(C)c(OC[C@@H](O)C[NH+]2CCC(C)CC2)c1C. The van der Waals surface area contributed by atoms with Gasteiger partial charge in [0.05, 0.1) is 13.1 Å². The van der Waals surface area contributed by atoms with Gasteiger partial charge in [-0.05, 0) is 56.2 Å². The van der Waals surface area contributed by atoms with Gasteiger partial charge in [-0.1, -0.05) is 19.1 Å². The molecule has 1 fully saturated rings. The predicted molar refractivity (Wildman–Crippen MR) is 86.1 cm³/mol. The third kappa shape index (κ3) is 4.45. The molecule has 1 aromatic rings. The topological polar surface area (TPSA) is 33.9 Å². The number of benzene rings is 1. The van der Waals surface area contributed by atoms with Gasteiger partial charge in [0.2, 0.25) is 0 Å². The van der Waals surface area contributed by atoms with E-state index in [4.69, 9.17) is 4.74 Å². The van der Waals surface area contributed by atoms with E-state index in [-0.39, 0.29) is 6.10 Å². The normalized spacial score (nSPS) is 23.9. The molecule has 2 N–H and O–H groups in total. The van der Waals surface area contributed by atoms with Crippen molar-refractivity contribution >= 4 is 0 Å². The lowest BCUT2D eigenvalue weighted by molar-refractivity contribution is -0.909. The molecule has 3 heteroatoms. The monoisotopic (exact) mass is 292 g/mol. The molecule has 3 nitrogen and oxygen atoms in total. The molecule has 0 aromatic heterocycles. The maximum absolute atomic E-state index is 10.2. The highest BCUT2D eigenvalue weighted by Crippen LogP contribution is 2.25. The van der Waals surface area contributed by atoms with Crippen molar-refractivity contribution in [1.82, 2.24) is 0 Å². The maximum atomic E-state index is 10.2. The Morgan fingerprint density at radius 2 is 1.81 bits per heavy atom. The average molecular weight is 292 g/mol. The zero-order valence-electron chi connectivity index (χ0n) is 13.9. The minimum atomic E-state index is -0.382. The Hall–Kier alpha value is -1.06. The number of hydrogen-bond acceptors (Lipinski definition) is 2. The Balaban J connectivity index is 1.84. The molecule has 0 spiro atoms. The third-order valence-corrected chi connectivity index (χ3v) is 4.80. The van der Waals surface area contributed by atoms with Crippen LogP contribution >= 0.6 is 0 Å². The number of aryl methyl sites for hydroxylation is 2. The number of likely N-dealkylation sites (tertiary alicyclic amines) is 1. The Bertz CT molecular complexity index is 465. The van der Waals surface area contributed by atoms with Crippen LogP contribution in [0.3, 0.4) is 0 Å². The Kier molecular flexibility index (Phi) is 5.65. The van der Waals surface area contributed by atoms with Crippen LogP contribution < -0.4 is 9.64 Å². The molecule has 0 unspecified atom stereocenters. The molecular weight excluding hydrogens is 262 g/mol. The van der Waals surface area contributed by atoms with E-state index in [1.54, 1.807) is 0 Å². The fraction of sp³-hybridized carbons (Fsp3) is 0.667. The number of piperidine rings is 1. The van der Waals surface area contributed by atoms with Crippen LogP contribution in [-0.4, -0.2) is 37.5 Å². The van der Waals surface area contributed by atoms with E-state index in [1.165, 1.54) is 42.0 Å². The second-order valence-electron chi connectivity index (χ2n) is 6.75. The van der Waals surface area contributed by atoms with Crippen molar-refractivity contribution in [2.24, 2.45) is 5.92 Å². The third-order valence-electron chi connectivity index (χ3n) is 4.80. The van der Waals surface area contributed by atoms with Gasteiger partial charge in [-0.15, -0.1) is 0 Å². The van der Waals surface area contributed by atoms with E-state index in [2.05, 4.69) is 39.8 Å². The molecule has 0 amide bonds. The van der Waals surface area contributed by atoms with Crippen LogP contribution in [-0.2, 0) is 0 Å². The van der Waals surface area contributed by atoms with Crippen LogP contribution in [0.25, 0.3) is 0 Å². The van der Waals surface area contributed by atoms with E-state index < -0.39 is 0 Å². The van der Waals surface area contributed by atoms with Gasteiger partial charge in [0.25, 0.3) is 0 Å². The average Bonchev–Trinajstić information content (AvgIpc) is 2.45. The number of ether oxygens (including phenoxy) is 1. The first-order valence-electron chi connectivity index (χ1n) is 8.18. The van der Waals surface area contributed by atoms with E-state index in [0.29, 0.717) is 6.61 Å². The van der Waals surface area contributed by atoms with Gasteiger partial charge in [0.15, 0.2) is 0 Å². The van der Waals surface area contributed by atoms with Crippen molar-refractivity contribution in [3.8, 4) is 5.75 Å². The van der Waals surface area contributed by atoms with Crippen molar-refractivity contribution in [2.45, 2.75) is 46.6 Å². The molecule has 2 rings (SSSR count). The molecular formula is C18H30NO2+. The largest absolute Gasteiger partial charge is 0.490 e. The fourth-order valence-corrected chi connectivity index (χ4v) is 3.09. The van der Waals surface area contributed by atoms with E-state index >= 15 is 0 Å². The van der Waals surface area contributed by atoms with Gasteiger partial charge < -0.3 is 14.7 Å². The van der Waals surface area contributed by atoms with E-state index in [0.717, 1.165) is 23.8 Å². The van der Waals surface area contributed by atoms with Crippen LogP contribution in [0.1, 0.15) is 36.5 Å². The van der Waals surface area contributed by atoms with Gasteiger partial charge in [-0.25, -0.2) is 0 Å². The second-order valence-corrected chi connectivity index (χ2v) is 6.75. The van der Waals surface area contributed by atoms with Gasteiger partial charge in [0, 0.05) is 0 Å². The van der Waals surface area contributed by atoms with Gasteiger partial charge >= 0.3 is 0 Å². The zero-order chi connectivity index (χ0) is 15.4. The number of nitrogens with one attached hydrogen (secondary N) is 1. The summed E-state index contributed by atoms with van der Waals surface area (Å²) in [6.45, 7) is 12.1. The van der Waals surface area contributed by atoms with Crippen LogP contribution in [0.2, 0.25) is 0 Å². The van der Waals surface area contributed by atoms with E-state index in [9.17, 15) is 5.11 Å². The highest BCUT2D eigenvalue weighted by Gasteiger charge is 2.22. The molecule has 1 saturated heterocycles. The highest BCUT2D eigenvalue weighted by atomic mass is 16.5. The predicted octanol–water partition coefficient (Wildman–Crippen LogP) is 1.67. The van der Waals surface area contributed by atoms with Crippen LogP contribution in [0, 0.1) is 26.7 Å². The summed E-state index contributed by atoms with van der Waals surface area (Å²) >= 11 is 0. The molecule has 0 saturated carbocycles. The van der Waals surface area contributed by atoms with Gasteiger partial charge in [0.1, 0.15) is 25.0 Å². The van der Waals surface area contributed by atoms with Gasteiger partial charge in [-0.3, -0.25) is 0 Å². The summed E-state index contributed by atoms with van der Waals surface area (Å²) < 4.78 is 5.91. The molecule has 1 atom stereocenters. The quantitative estimate of drug-likeness (QED) is 0.865. The van der Waals surface area contributed by atoms with Gasteiger partial charge in [-0.2, -0.15) is 0 Å². The minimum absolute atomic E-state index is 0.382. The van der Waals surface area contributed by atoms with Crippen molar-refractivity contribution in [1.29, 1.82) is 0 Å². The summed E-state index contributed by atoms with van der Waals surface area (Å²) in [6.07, 6.45) is 2.17. The molecule has 1 aliphatic heterocycles. The van der Waals surface area contributed by atoms with Crippen molar-refractivity contribution < 1.29 is 14.7 Å². The lowest BCUT2D eigenvalue weighted by Crippen LogP contribution is -3.14. The zero-order valence-corrected chi connectivity index (χ0v) is 13.9.